The van der Waals surface area contributed by atoms with Crippen molar-refractivity contribution in [2.75, 3.05) is 11.5 Å². The number of benzene rings is 1. The number of amides is 1. The average Bonchev–Trinajstić information content (AvgIpc) is 2.64. The van der Waals surface area contributed by atoms with E-state index in [2.05, 4.69) is 0 Å². The summed E-state index contributed by atoms with van der Waals surface area (Å²) in [6.07, 6.45) is 2.89. The molecule has 0 spiro atoms. The van der Waals surface area contributed by atoms with Gasteiger partial charge in [0.25, 0.3) is 0 Å². The van der Waals surface area contributed by atoms with Gasteiger partial charge in [0.15, 0.2) is 9.84 Å². The number of carbonyl (C=O) groups excluding carboxylic acids is 1. The molecule has 2 atom stereocenters. The molecule has 0 radical (unpaired) electrons. The molecule has 0 heterocycles. The molecule has 2 unspecified atom stereocenters. The highest BCUT2D eigenvalue weighted by Gasteiger charge is 2.33. The molecule has 1 N–H and O–H groups in total. The Morgan fingerprint density at radius 2 is 1.87 bits per heavy atom. The molecule has 0 saturated carbocycles. The number of sulfonamides is 1. The van der Waals surface area contributed by atoms with Crippen LogP contribution in [0.2, 0.25) is 0 Å². The van der Waals surface area contributed by atoms with Crippen LogP contribution in [-0.4, -0.2) is 39.5 Å². The van der Waals surface area contributed by atoms with E-state index in [0.29, 0.717) is 6.42 Å². The first-order valence-electron chi connectivity index (χ1n) is 9.68. The van der Waals surface area contributed by atoms with Crippen LogP contribution in [0.3, 0.4) is 0 Å². The molecule has 172 valence electrons. The van der Waals surface area contributed by atoms with Gasteiger partial charge in [0.2, 0.25) is 15.9 Å². The Labute approximate surface area is 187 Å². The van der Waals surface area contributed by atoms with E-state index >= 15 is 0 Å². The van der Waals surface area contributed by atoms with Crippen molar-refractivity contribution in [3.05, 3.63) is 52.5 Å². The molecule has 1 aromatic rings. The van der Waals surface area contributed by atoms with Crippen LogP contribution in [0.4, 0.5) is 4.39 Å². The molecule has 1 aliphatic rings. The Balaban J connectivity index is 2.19. The Morgan fingerprint density at radius 3 is 2.48 bits per heavy atom. The second kappa shape index (κ2) is 10.1. The normalized spacial score (nSPS) is 19.4. The van der Waals surface area contributed by atoms with Gasteiger partial charge in [-0.2, -0.15) is 0 Å². The van der Waals surface area contributed by atoms with Crippen molar-refractivity contribution in [3.63, 3.8) is 0 Å². The standard InChI is InChI=1S/C20H25ClFNO6S2/c1-4-8-31(27,28)23-19(24)11-14-9-15(22)12-16(10-14)29-17-6-7-18(13(3)20(17)21)30(25,26)5-2/h6-7,9-10,12-13,18H,4-5,8,11H2,1-3H3,(H,23,24). The number of carbonyl (C=O) groups is 1. The fourth-order valence-electron chi connectivity index (χ4n) is 3.13. The molecule has 1 aliphatic carbocycles. The van der Waals surface area contributed by atoms with E-state index in [9.17, 15) is 26.0 Å². The van der Waals surface area contributed by atoms with Crippen LogP contribution in [0.25, 0.3) is 0 Å². The predicted octanol–water partition coefficient (Wildman–Crippen LogP) is 3.06. The van der Waals surface area contributed by atoms with Gasteiger partial charge in [-0.3, -0.25) is 9.52 Å². The van der Waals surface area contributed by atoms with Gasteiger partial charge in [-0.15, -0.1) is 0 Å². The molecule has 0 bridgehead atoms. The first-order chi connectivity index (χ1) is 14.4. The molecule has 31 heavy (non-hydrogen) atoms. The highest BCUT2D eigenvalue weighted by atomic mass is 35.5. The van der Waals surface area contributed by atoms with Crippen molar-refractivity contribution in [1.29, 1.82) is 0 Å². The molecular formula is C20H25ClFNO6S2. The van der Waals surface area contributed by atoms with E-state index in [-0.39, 0.29) is 40.0 Å². The molecule has 1 amide bonds. The summed E-state index contributed by atoms with van der Waals surface area (Å²) in [6, 6.07) is 3.57. The number of hydrogen-bond acceptors (Lipinski definition) is 6. The topological polar surface area (TPSA) is 107 Å². The van der Waals surface area contributed by atoms with E-state index in [1.807, 2.05) is 4.72 Å². The Hall–Kier alpha value is -1.91. The summed E-state index contributed by atoms with van der Waals surface area (Å²) < 4.78 is 69.5. The molecule has 2 rings (SSSR count). The van der Waals surface area contributed by atoms with Crippen LogP contribution in [0, 0.1) is 11.7 Å². The molecule has 0 aliphatic heterocycles. The number of nitrogens with one attached hydrogen (secondary N) is 1. The lowest BCUT2D eigenvalue weighted by Gasteiger charge is -2.25. The predicted molar refractivity (Wildman–Crippen MR) is 117 cm³/mol. The monoisotopic (exact) mass is 493 g/mol. The van der Waals surface area contributed by atoms with Gasteiger partial charge in [0, 0.05) is 17.7 Å². The van der Waals surface area contributed by atoms with Gasteiger partial charge in [0.05, 0.1) is 22.5 Å². The summed E-state index contributed by atoms with van der Waals surface area (Å²) >= 11 is 6.32. The summed E-state index contributed by atoms with van der Waals surface area (Å²) in [6.45, 7) is 4.88. The van der Waals surface area contributed by atoms with E-state index in [1.165, 1.54) is 18.2 Å². The average molecular weight is 494 g/mol. The number of halogens is 2. The van der Waals surface area contributed by atoms with Crippen LogP contribution in [0.5, 0.6) is 5.75 Å². The first-order valence-corrected chi connectivity index (χ1v) is 13.4. The fourth-order valence-corrected chi connectivity index (χ4v) is 5.96. The minimum Gasteiger partial charge on any atom is -0.456 e. The lowest BCUT2D eigenvalue weighted by atomic mass is 10.0. The third-order valence-electron chi connectivity index (χ3n) is 4.65. The van der Waals surface area contributed by atoms with E-state index in [4.69, 9.17) is 16.3 Å². The van der Waals surface area contributed by atoms with Crippen molar-refractivity contribution in [2.24, 2.45) is 5.92 Å². The smallest absolute Gasteiger partial charge is 0.237 e. The Kier molecular flexibility index (Phi) is 8.29. The zero-order valence-corrected chi connectivity index (χ0v) is 19.8. The number of rotatable bonds is 9. The quantitative estimate of drug-likeness (QED) is 0.566. The minimum atomic E-state index is -3.73. The van der Waals surface area contributed by atoms with Crippen LogP contribution in [0.15, 0.2) is 41.1 Å². The maximum absolute atomic E-state index is 14.1. The minimum absolute atomic E-state index is 0.0317. The highest BCUT2D eigenvalue weighted by molar-refractivity contribution is 7.92. The Morgan fingerprint density at radius 1 is 1.19 bits per heavy atom. The summed E-state index contributed by atoms with van der Waals surface area (Å²) in [5.74, 6) is -2.04. The SMILES string of the molecule is CCCS(=O)(=O)NC(=O)Cc1cc(F)cc(OC2=C(Cl)C(C)C(S(=O)(=O)CC)C=C2)c1. The molecule has 0 aromatic heterocycles. The maximum atomic E-state index is 14.1. The zero-order chi connectivity index (χ0) is 23.4. The lowest BCUT2D eigenvalue weighted by molar-refractivity contribution is -0.118. The van der Waals surface area contributed by atoms with Gasteiger partial charge < -0.3 is 4.74 Å². The summed E-state index contributed by atoms with van der Waals surface area (Å²) in [7, 11) is -7.09. The summed E-state index contributed by atoms with van der Waals surface area (Å²) in [5, 5.41) is -0.604. The van der Waals surface area contributed by atoms with Gasteiger partial charge in [-0.1, -0.05) is 38.4 Å². The van der Waals surface area contributed by atoms with Crippen LogP contribution < -0.4 is 9.46 Å². The maximum Gasteiger partial charge on any atom is 0.237 e. The van der Waals surface area contributed by atoms with Gasteiger partial charge in [-0.05, 0) is 30.2 Å². The number of allylic oxidation sites excluding steroid dienone is 2. The molecule has 7 nitrogen and oxygen atoms in total. The molecule has 1 aromatic carbocycles. The van der Waals surface area contributed by atoms with Crippen LogP contribution in [0.1, 0.15) is 32.8 Å². The zero-order valence-electron chi connectivity index (χ0n) is 17.4. The van der Waals surface area contributed by atoms with Gasteiger partial charge >= 0.3 is 0 Å². The summed E-state index contributed by atoms with van der Waals surface area (Å²) in [5.41, 5.74) is 0.204. The third kappa shape index (κ3) is 6.78. The largest absolute Gasteiger partial charge is 0.456 e. The Bertz CT molecular complexity index is 1110. The molecular weight excluding hydrogens is 469 g/mol. The fraction of sp³-hybridized carbons (Fsp3) is 0.450. The first kappa shape index (κ1) is 25.4. The second-order valence-corrected chi connectivity index (χ2v) is 11.9. The van der Waals surface area contributed by atoms with E-state index in [1.54, 1.807) is 20.8 Å². The van der Waals surface area contributed by atoms with Crippen LogP contribution in [-0.2, 0) is 31.1 Å². The number of hydrogen-bond donors (Lipinski definition) is 1. The van der Waals surface area contributed by atoms with Crippen molar-refractivity contribution in [1.82, 2.24) is 4.72 Å². The van der Waals surface area contributed by atoms with Crippen molar-refractivity contribution in [3.8, 4) is 5.75 Å². The van der Waals surface area contributed by atoms with Crippen molar-refractivity contribution < 1.29 is 30.8 Å². The molecule has 11 heteroatoms. The third-order valence-corrected chi connectivity index (χ3v) is 8.86. The molecule has 0 fully saturated rings. The van der Waals surface area contributed by atoms with Gasteiger partial charge in [-0.25, -0.2) is 21.2 Å². The van der Waals surface area contributed by atoms with Crippen molar-refractivity contribution in [2.45, 2.75) is 38.9 Å². The molecule has 0 saturated heterocycles. The second-order valence-electron chi connectivity index (χ2n) is 7.19. The number of sulfone groups is 1. The van der Waals surface area contributed by atoms with E-state index < -0.39 is 42.8 Å². The number of ether oxygens (including phenoxy) is 1. The van der Waals surface area contributed by atoms with Crippen molar-refractivity contribution >= 4 is 37.4 Å². The van der Waals surface area contributed by atoms with Gasteiger partial charge in [0.1, 0.15) is 17.3 Å². The van der Waals surface area contributed by atoms with E-state index in [0.717, 1.165) is 12.1 Å². The lowest BCUT2D eigenvalue weighted by Crippen LogP contribution is -2.33. The van der Waals surface area contributed by atoms with Crippen LogP contribution >= 0.6 is 11.6 Å². The summed E-state index contributed by atoms with van der Waals surface area (Å²) in [4.78, 5) is 12.0. The highest BCUT2D eigenvalue weighted by Crippen LogP contribution is 2.34.